The van der Waals surface area contributed by atoms with Gasteiger partial charge in [0.15, 0.2) is 0 Å². The van der Waals surface area contributed by atoms with Gasteiger partial charge in [0.1, 0.15) is 6.04 Å². The molecule has 3 atom stereocenters. The number of nitrogens with zero attached hydrogens (tertiary/aromatic N) is 3. The highest BCUT2D eigenvalue weighted by molar-refractivity contribution is 7.99. The number of carbonyl (C=O) groups is 2. The molecule has 0 saturated carbocycles. The van der Waals surface area contributed by atoms with Crippen LogP contribution in [0.3, 0.4) is 0 Å². The van der Waals surface area contributed by atoms with Gasteiger partial charge in [-0.1, -0.05) is 90.6 Å². The minimum absolute atomic E-state index is 0.0209. The third-order valence-corrected chi connectivity index (χ3v) is 9.21. The number of anilines is 1. The van der Waals surface area contributed by atoms with Crippen LogP contribution in [0.15, 0.2) is 119 Å². The number of alkyl carbamates (subject to hydrolysis) is 1. The van der Waals surface area contributed by atoms with Crippen LogP contribution in [0.4, 0.5) is 10.5 Å². The van der Waals surface area contributed by atoms with Crippen LogP contribution in [-0.4, -0.2) is 71.4 Å². The number of para-hydroxylation sites is 1. The fourth-order valence-corrected chi connectivity index (χ4v) is 6.62. The molecule has 49 heavy (non-hydrogen) atoms. The van der Waals surface area contributed by atoms with E-state index in [-0.39, 0.29) is 18.1 Å². The molecule has 252 valence electrons. The molecular formula is C37H38N6O5S. The number of aryl methyl sites for hydroxylation is 1. The highest BCUT2D eigenvalue weighted by atomic mass is 32.2. The quantitative estimate of drug-likeness (QED) is 0.133. The molecule has 2 aromatic heterocycles. The summed E-state index contributed by atoms with van der Waals surface area (Å²) < 4.78 is 17.2. The Morgan fingerprint density at radius 1 is 0.898 bits per heavy atom. The number of aromatic nitrogens is 3. The molecule has 0 unspecified atom stereocenters. The van der Waals surface area contributed by atoms with E-state index in [9.17, 15) is 9.59 Å². The van der Waals surface area contributed by atoms with Gasteiger partial charge in [-0.05, 0) is 47.7 Å². The Kier molecular flexibility index (Phi) is 11.7. The van der Waals surface area contributed by atoms with Gasteiger partial charge >= 0.3 is 6.09 Å². The molecule has 3 heterocycles. The Morgan fingerprint density at radius 2 is 1.57 bits per heavy atom. The predicted octanol–water partition coefficient (Wildman–Crippen LogP) is 5.71. The lowest BCUT2D eigenvalue weighted by molar-refractivity contribution is -0.118. The van der Waals surface area contributed by atoms with Gasteiger partial charge in [-0.2, -0.15) is 0 Å². The second-order valence-corrected chi connectivity index (χ2v) is 12.5. The number of hydrogen-bond donors (Lipinski definition) is 3. The summed E-state index contributed by atoms with van der Waals surface area (Å²) in [7, 11) is 1.29. The Balaban J connectivity index is 1.10. The lowest BCUT2D eigenvalue weighted by Crippen LogP contribution is -2.48. The fraction of sp³-hybridized carbons (Fsp3) is 0.270. The van der Waals surface area contributed by atoms with Crippen molar-refractivity contribution in [3.63, 3.8) is 0 Å². The minimum atomic E-state index is -0.950. The van der Waals surface area contributed by atoms with Crippen LogP contribution in [0.2, 0.25) is 0 Å². The van der Waals surface area contributed by atoms with E-state index in [4.69, 9.17) is 13.9 Å². The summed E-state index contributed by atoms with van der Waals surface area (Å²) in [4.78, 5) is 30.7. The number of thioether (sulfide) groups is 1. The SMILES string of the molecule is COC(=O)N[C@H](C(=O)Nc1ccccc1CC[C@@H]1CNC[C@@H](CSc2nnc(-c3ccncc3)o2)O1)C(c1ccccc1)c1ccccc1. The number of methoxy groups -OCH3 is 1. The number of benzene rings is 3. The van der Waals surface area contributed by atoms with E-state index < -0.39 is 18.1 Å². The number of morpholine rings is 1. The normalized spacial score (nSPS) is 16.5. The van der Waals surface area contributed by atoms with Gasteiger partial charge < -0.3 is 29.8 Å². The number of carbonyl (C=O) groups excluding carboxylic acids is 2. The van der Waals surface area contributed by atoms with Crippen LogP contribution < -0.4 is 16.0 Å². The van der Waals surface area contributed by atoms with Crippen LogP contribution in [0.1, 0.15) is 29.0 Å². The summed E-state index contributed by atoms with van der Waals surface area (Å²) in [6, 6.07) is 29.8. The zero-order valence-corrected chi connectivity index (χ0v) is 27.8. The van der Waals surface area contributed by atoms with E-state index in [1.165, 1.54) is 18.9 Å². The first kappa shape index (κ1) is 33.8. The molecule has 3 N–H and O–H groups in total. The maximum atomic E-state index is 14.1. The molecule has 0 bridgehead atoms. The summed E-state index contributed by atoms with van der Waals surface area (Å²) in [6.45, 7) is 1.45. The van der Waals surface area contributed by atoms with E-state index in [1.54, 1.807) is 12.4 Å². The van der Waals surface area contributed by atoms with Crippen molar-refractivity contribution in [2.75, 3.05) is 31.3 Å². The largest absolute Gasteiger partial charge is 0.453 e. The topological polar surface area (TPSA) is 140 Å². The van der Waals surface area contributed by atoms with Gasteiger partial charge in [0.2, 0.25) is 11.8 Å². The van der Waals surface area contributed by atoms with Gasteiger partial charge in [0, 0.05) is 48.4 Å². The number of pyridine rings is 1. The lowest BCUT2D eigenvalue weighted by Gasteiger charge is -2.31. The Hall–Kier alpha value is -5.04. The Morgan fingerprint density at radius 3 is 2.29 bits per heavy atom. The molecular weight excluding hydrogens is 641 g/mol. The molecule has 1 aliphatic heterocycles. The van der Waals surface area contributed by atoms with Crippen LogP contribution in [0, 0.1) is 0 Å². The smallest absolute Gasteiger partial charge is 0.407 e. The van der Waals surface area contributed by atoms with Gasteiger partial charge in [-0.3, -0.25) is 9.78 Å². The minimum Gasteiger partial charge on any atom is -0.453 e. The van der Waals surface area contributed by atoms with E-state index >= 15 is 0 Å². The van der Waals surface area contributed by atoms with Crippen LogP contribution in [-0.2, 0) is 20.7 Å². The maximum Gasteiger partial charge on any atom is 0.407 e. The van der Waals surface area contributed by atoms with Crippen LogP contribution in [0.25, 0.3) is 11.5 Å². The first-order chi connectivity index (χ1) is 24.1. The highest BCUT2D eigenvalue weighted by Crippen LogP contribution is 2.30. The first-order valence-electron chi connectivity index (χ1n) is 16.1. The number of rotatable bonds is 13. The van der Waals surface area contributed by atoms with E-state index in [1.807, 2.05) is 97.1 Å². The summed E-state index contributed by atoms with van der Waals surface area (Å²) in [5, 5.41) is 18.2. The number of ether oxygens (including phenoxy) is 2. The molecule has 2 amide bonds. The second kappa shape index (κ2) is 16.9. The zero-order valence-electron chi connectivity index (χ0n) is 27.0. The molecule has 6 rings (SSSR count). The summed E-state index contributed by atoms with van der Waals surface area (Å²) in [6.07, 6.45) is 4.06. The standard InChI is InChI=1S/C37H38N6O5S/c1-46-36(45)41-33(32(26-11-4-2-5-12-26)27-13-6-3-7-14-27)34(44)40-31-15-9-8-10-25(31)16-17-29-22-39-23-30(47-29)24-49-37-43-42-35(48-37)28-18-20-38-21-19-28/h2-15,18-21,29-30,32-33,39H,16-17,22-24H2,1H3,(H,40,44)(H,41,45)/t29-,30+,33+/m1/s1. The molecule has 1 aliphatic rings. The third-order valence-electron chi connectivity index (χ3n) is 8.26. The number of nitrogens with one attached hydrogen (secondary N) is 3. The third kappa shape index (κ3) is 9.11. The average molecular weight is 679 g/mol. The lowest BCUT2D eigenvalue weighted by atomic mass is 9.84. The molecule has 1 saturated heterocycles. The van der Waals surface area contributed by atoms with Crippen molar-refractivity contribution in [2.24, 2.45) is 0 Å². The Labute approximate surface area is 289 Å². The number of hydrogen-bond acceptors (Lipinski definition) is 10. The first-order valence-corrected chi connectivity index (χ1v) is 17.1. The van der Waals surface area contributed by atoms with Crippen molar-refractivity contribution in [1.82, 2.24) is 25.8 Å². The van der Waals surface area contributed by atoms with E-state index in [0.29, 0.717) is 29.0 Å². The van der Waals surface area contributed by atoms with Gasteiger partial charge in [-0.15, -0.1) is 10.2 Å². The average Bonchev–Trinajstić information content (AvgIpc) is 3.64. The van der Waals surface area contributed by atoms with Gasteiger partial charge in [0.05, 0.1) is 19.3 Å². The van der Waals surface area contributed by atoms with Crippen molar-refractivity contribution >= 4 is 29.4 Å². The summed E-state index contributed by atoms with van der Waals surface area (Å²) >= 11 is 1.47. The van der Waals surface area contributed by atoms with Gasteiger partial charge in [0.25, 0.3) is 5.22 Å². The molecule has 11 nitrogen and oxygen atoms in total. The molecule has 0 spiro atoms. The molecule has 12 heteroatoms. The molecule has 1 fully saturated rings. The molecule has 0 aliphatic carbocycles. The maximum absolute atomic E-state index is 14.1. The fourth-order valence-electron chi connectivity index (χ4n) is 5.86. The van der Waals surface area contributed by atoms with E-state index in [2.05, 4.69) is 31.1 Å². The predicted molar refractivity (Wildman–Crippen MR) is 187 cm³/mol. The zero-order chi connectivity index (χ0) is 33.8. The van der Waals surface area contributed by atoms with Crippen molar-refractivity contribution in [3.05, 3.63) is 126 Å². The second-order valence-electron chi connectivity index (χ2n) is 11.6. The van der Waals surface area contributed by atoms with Crippen LogP contribution >= 0.6 is 11.8 Å². The van der Waals surface area contributed by atoms with Crippen molar-refractivity contribution in [1.29, 1.82) is 0 Å². The van der Waals surface area contributed by atoms with Crippen molar-refractivity contribution < 1.29 is 23.5 Å². The molecule has 5 aromatic rings. The van der Waals surface area contributed by atoms with Crippen LogP contribution in [0.5, 0.6) is 0 Å². The Bertz CT molecular complexity index is 1750. The van der Waals surface area contributed by atoms with Crippen molar-refractivity contribution in [2.45, 2.75) is 42.2 Å². The summed E-state index contributed by atoms with van der Waals surface area (Å²) in [5.41, 5.74) is 4.26. The van der Waals surface area contributed by atoms with Gasteiger partial charge in [-0.25, -0.2) is 4.79 Å². The highest BCUT2D eigenvalue weighted by Gasteiger charge is 2.33. The van der Waals surface area contributed by atoms with Crippen molar-refractivity contribution in [3.8, 4) is 11.5 Å². The number of amides is 2. The molecule has 0 radical (unpaired) electrons. The summed E-state index contributed by atoms with van der Waals surface area (Å²) in [5.74, 6) is 0.308. The monoisotopic (exact) mass is 678 g/mol. The molecule has 3 aromatic carbocycles. The van der Waals surface area contributed by atoms with E-state index in [0.717, 1.165) is 41.8 Å².